The number of guanidine groups is 1. The maximum atomic E-state index is 13.9. The summed E-state index contributed by atoms with van der Waals surface area (Å²) in [4.78, 5) is 2.92. The second kappa shape index (κ2) is 13.8. The van der Waals surface area contributed by atoms with E-state index >= 15 is 0 Å². The number of nitrogens with one attached hydrogen (secondary N) is 4. The molecule has 0 aromatic heterocycles. The van der Waals surface area contributed by atoms with Gasteiger partial charge in [0, 0.05) is 56.0 Å². The SMILES string of the molecule is O=S(=O)(/N=C1\NNC2CNCCN12)c1ccc(N[C@H](CCN2CCOCC2)CSc2ccccc2)c(S(=O)(=O)C(F)(F)F)c1. The van der Waals surface area contributed by atoms with Gasteiger partial charge in [-0.2, -0.15) is 21.6 Å². The summed E-state index contributed by atoms with van der Waals surface area (Å²) in [5.41, 5.74) is -0.437. The Hall–Kier alpha value is -2.61. The van der Waals surface area contributed by atoms with E-state index in [4.69, 9.17) is 4.74 Å². The van der Waals surface area contributed by atoms with Crippen LogP contribution in [0.15, 0.2) is 67.6 Å². The number of halogens is 3. The number of benzene rings is 2. The first-order valence-electron chi connectivity index (χ1n) is 14.0. The largest absolute Gasteiger partial charge is 0.501 e. The van der Waals surface area contributed by atoms with Crippen molar-refractivity contribution in [3.05, 3.63) is 48.5 Å². The van der Waals surface area contributed by atoms with Gasteiger partial charge in [-0.1, -0.05) is 18.2 Å². The number of morpholine rings is 1. The van der Waals surface area contributed by atoms with Crippen LogP contribution in [0.3, 0.4) is 0 Å². The van der Waals surface area contributed by atoms with Crippen molar-refractivity contribution in [1.29, 1.82) is 0 Å². The van der Waals surface area contributed by atoms with Gasteiger partial charge < -0.3 is 20.3 Å². The van der Waals surface area contributed by atoms with E-state index in [0.29, 0.717) is 70.7 Å². The van der Waals surface area contributed by atoms with Crippen molar-refractivity contribution in [3.8, 4) is 0 Å². The second-order valence-electron chi connectivity index (χ2n) is 10.4. The molecule has 4 N–H and O–H groups in total. The Labute approximate surface area is 258 Å². The summed E-state index contributed by atoms with van der Waals surface area (Å²) in [5, 5.41) is 6.14. The molecule has 18 heteroatoms. The molecule has 5 rings (SSSR count). The minimum absolute atomic E-state index is 0.0277. The van der Waals surface area contributed by atoms with E-state index in [-0.39, 0.29) is 17.8 Å². The molecule has 0 bridgehead atoms. The van der Waals surface area contributed by atoms with Crippen molar-refractivity contribution in [2.45, 2.75) is 38.8 Å². The normalized spacial score (nSPS) is 21.6. The number of nitrogens with zero attached hydrogens (tertiary/aromatic N) is 3. The Kier molecular flexibility index (Phi) is 10.3. The lowest BCUT2D eigenvalue weighted by molar-refractivity contribution is -0.0435. The third-order valence-corrected chi connectivity index (χ3v) is 11.3. The molecule has 3 saturated heterocycles. The lowest BCUT2D eigenvalue weighted by Gasteiger charge is -2.29. The Morgan fingerprint density at radius 1 is 1.07 bits per heavy atom. The average Bonchev–Trinajstić information content (AvgIpc) is 3.41. The number of piperazine rings is 1. The summed E-state index contributed by atoms with van der Waals surface area (Å²) in [6.45, 7) is 4.69. The maximum Gasteiger partial charge on any atom is 0.501 e. The van der Waals surface area contributed by atoms with Crippen LogP contribution >= 0.6 is 11.8 Å². The lowest BCUT2D eigenvalue weighted by Crippen LogP contribution is -2.52. The number of hydrazine groups is 1. The fourth-order valence-electron chi connectivity index (χ4n) is 4.97. The molecule has 242 valence electrons. The number of ether oxygens (including phenoxy) is 1. The molecule has 0 aliphatic carbocycles. The van der Waals surface area contributed by atoms with Crippen LogP contribution in [0.1, 0.15) is 6.42 Å². The molecule has 2 aromatic carbocycles. The smallest absolute Gasteiger partial charge is 0.380 e. The van der Waals surface area contributed by atoms with Gasteiger partial charge in [-0.3, -0.25) is 10.3 Å². The fourth-order valence-corrected chi connectivity index (χ4v) is 7.98. The number of fused-ring (bicyclic) bond motifs is 1. The zero-order valence-electron chi connectivity index (χ0n) is 23.6. The van der Waals surface area contributed by atoms with Gasteiger partial charge in [-0.15, -0.1) is 16.2 Å². The number of hydrogen-bond donors (Lipinski definition) is 4. The minimum Gasteiger partial charge on any atom is -0.380 e. The number of alkyl halides is 3. The predicted octanol–water partition coefficient (Wildman–Crippen LogP) is 1.66. The average molecular weight is 678 g/mol. The number of sulfone groups is 1. The Morgan fingerprint density at radius 2 is 1.82 bits per heavy atom. The van der Waals surface area contributed by atoms with Crippen molar-refractivity contribution in [2.24, 2.45) is 4.40 Å². The van der Waals surface area contributed by atoms with Gasteiger partial charge in [0.25, 0.3) is 19.9 Å². The zero-order valence-corrected chi connectivity index (χ0v) is 26.0. The van der Waals surface area contributed by atoms with Crippen LogP contribution < -0.4 is 21.5 Å². The van der Waals surface area contributed by atoms with Crippen molar-refractivity contribution < 1.29 is 34.7 Å². The van der Waals surface area contributed by atoms with Gasteiger partial charge >= 0.3 is 5.51 Å². The summed E-state index contributed by atoms with van der Waals surface area (Å²) in [6, 6.07) is 11.6. The summed E-state index contributed by atoms with van der Waals surface area (Å²) in [5.74, 6) is 0.387. The molecule has 0 radical (unpaired) electrons. The second-order valence-corrected chi connectivity index (χ2v) is 15.0. The highest BCUT2D eigenvalue weighted by Crippen LogP contribution is 2.37. The highest BCUT2D eigenvalue weighted by molar-refractivity contribution is 7.99. The third kappa shape index (κ3) is 7.78. The molecule has 44 heavy (non-hydrogen) atoms. The molecule has 3 heterocycles. The predicted molar refractivity (Wildman–Crippen MR) is 160 cm³/mol. The summed E-state index contributed by atoms with van der Waals surface area (Å²) < 4.78 is 103. The van der Waals surface area contributed by atoms with E-state index in [9.17, 15) is 30.0 Å². The van der Waals surface area contributed by atoms with Crippen LogP contribution in [0, 0.1) is 0 Å². The maximum absolute atomic E-state index is 13.9. The molecule has 3 fully saturated rings. The highest BCUT2D eigenvalue weighted by Gasteiger charge is 2.48. The van der Waals surface area contributed by atoms with Gasteiger partial charge in [0.1, 0.15) is 11.1 Å². The van der Waals surface area contributed by atoms with Crippen LogP contribution in [0.25, 0.3) is 0 Å². The molecule has 2 aromatic rings. The molecule has 0 spiro atoms. The molecule has 2 atom stereocenters. The molecule has 3 aliphatic heterocycles. The molecular weight excluding hydrogens is 644 g/mol. The topological polar surface area (TPSA) is 144 Å². The minimum atomic E-state index is -5.94. The van der Waals surface area contributed by atoms with Crippen LogP contribution in [0.2, 0.25) is 0 Å². The van der Waals surface area contributed by atoms with Gasteiger partial charge in [0.15, 0.2) is 0 Å². The number of sulfonamides is 1. The summed E-state index contributed by atoms with van der Waals surface area (Å²) in [6.07, 6.45) is 0.220. The Balaban J connectivity index is 1.45. The molecule has 1 unspecified atom stereocenters. The Bertz CT molecular complexity index is 1540. The van der Waals surface area contributed by atoms with Crippen molar-refractivity contribution in [1.82, 2.24) is 26.0 Å². The Morgan fingerprint density at radius 3 is 2.55 bits per heavy atom. The first-order valence-corrected chi connectivity index (χ1v) is 17.9. The third-order valence-electron chi connectivity index (χ3n) is 7.37. The molecule has 3 aliphatic rings. The number of anilines is 1. The lowest BCUT2D eigenvalue weighted by atomic mass is 10.2. The molecular formula is C26H34F3N7O5S3. The fraction of sp³-hybridized carbons (Fsp3) is 0.500. The number of hydrogen-bond acceptors (Lipinski definition) is 10. The molecule has 0 amide bonds. The van der Waals surface area contributed by atoms with E-state index in [2.05, 4.69) is 30.8 Å². The van der Waals surface area contributed by atoms with Gasteiger partial charge in [-0.25, -0.2) is 13.8 Å². The zero-order chi connectivity index (χ0) is 31.4. The summed E-state index contributed by atoms with van der Waals surface area (Å²) >= 11 is 1.47. The van der Waals surface area contributed by atoms with E-state index in [1.165, 1.54) is 11.8 Å². The quantitative estimate of drug-likeness (QED) is 0.257. The first kappa shape index (κ1) is 32.8. The van der Waals surface area contributed by atoms with Gasteiger partial charge in [-0.05, 0) is 36.8 Å². The standard InChI is InChI=1S/C26H34F3N7O5S3/c27-26(28,29)43(37,38)23-16-21(44(39,40)34-25-33-32-24-17-30-9-11-36(24)25)6-7-22(23)31-19(8-10-35-12-14-41-15-13-35)18-42-20-4-2-1-3-5-20/h1-7,16,19,24,30-32H,8-15,17-18H2,(H,33,34)/t19-,24?/m1/s1. The van der Waals surface area contributed by atoms with Crippen LogP contribution in [-0.2, 0) is 24.6 Å². The van der Waals surface area contributed by atoms with E-state index in [0.717, 1.165) is 17.0 Å². The number of rotatable bonds is 11. The van der Waals surface area contributed by atoms with E-state index in [1.54, 1.807) is 4.90 Å². The van der Waals surface area contributed by atoms with Crippen molar-refractivity contribution in [3.63, 3.8) is 0 Å². The van der Waals surface area contributed by atoms with E-state index < -0.39 is 41.2 Å². The summed E-state index contributed by atoms with van der Waals surface area (Å²) in [7, 11) is -10.5. The molecule has 12 nitrogen and oxygen atoms in total. The highest BCUT2D eigenvalue weighted by atomic mass is 32.2. The van der Waals surface area contributed by atoms with Crippen LogP contribution in [0.5, 0.6) is 0 Å². The van der Waals surface area contributed by atoms with Crippen molar-refractivity contribution >= 4 is 43.3 Å². The molecule has 0 saturated carbocycles. The van der Waals surface area contributed by atoms with Crippen molar-refractivity contribution in [2.75, 3.05) is 63.6 Å². The van der Waals surface area contributed by atoms with Crippen LogP contribution in [-0.4, -0.2) is 109 Å². The van der Waals surface area contributed by atoms with Gasteiger partial charge in [0.2, 0.25) is 5.96 Å². The van der Waals surface area contributed by atoms with E-state index in [1.807, 2.05) is 30.3 Å². The monoisotopic (exact) mass is 677 g/mol. The number of thioether (sulfide) groups is 1. The first-order chi connectivity index (χ1) is 20.9. The van der Waals surface area contributed by atoms with Gasteiger partial charge in [0.05, 0.1) is 23.8 Å². The van der Waals surface area contributed by atoms with Crippen LogP contribution in [0.4, 0.5) is 18.9 Å².